The van der Waals surface area contributed by atoms with Crippen LogP contribution in [0.15, 0.2) is 18.2 Å². The van der Waals surface area contributed by atoms with Crippen molar-refractivity contribution < 1.29 is 0 Å². The standard InChI is InChI=1S/C18H31N/c1-7-12-19-17(10-11-18(4,5)6)16-13-14(2)8-9-15(16)3/h8-9,13,17,19H,7,10-12H2,1-6H3. The normalized spacial score (nSPS) is 13.6. The Kier molecular flexibility index (Phi) is 6.06. The van der Waals surface area contributed by atoms with E-state index >= 15 is 0 Å². The molecule has 108 valence electrons. The number of nitrogens with one attached hydrogen (secondary N) is 1. The van der Waals surface area contributed by atoms with Crippen molar-refractivity contribution in [3.63, 3.8) is 0 Å². The number of aryl methyl sites for hydroxylation is 2. The van der Waals surface area contributed by atoms with Crippen LogP contribution < -0.4 is 5.32 Å². The van der Waals surface area contributed by atoms with Gasteiger partial charge in [0.25, 0.3) is 0 Å². The molecule has 1 unspecified atom stereocenters. The van der Waals surface area contributed by atoms with Crippen LogP contribution in [0.3, 0.4) is 0 Å². The molecule has 0 heterocycles. The fourth-order valence-corrected chi connectivity index (χ4v) is 2.40. The van der Waals surface area contributed by atoms with Crippen LogP contribution in [0.1, 0.15) is 69.7 Å². The number of rotatable bonds is 6. The predicted molar refractivity (Wildman–Crippen MR) is 85.6 cm³/mol. The summed E-state index contributed by atoms with van der Waals surface area (Å²) in [6, 6.07) is 7.31. The first-order chi connectivity index (χ1) is 8.83. The second kappa shape index (κ2) is 7.09. The van der Waals surface area contributed by atoms with Crippen molar-refractivity contribution in [2.45, 2.75) is 66.8 Å². The molecule has 0 radical (unpaired) electrons. The lowest BCUT2D eigenvalue weighted by molar-refractivity contribution is 0.331. The zero-order chi connectivity index (χ0) is 14.5. The summed E-state index contributed by atoms with van der Waals surface area (Å²) in [5.74, 6) is 0. The number of benzene rings is 1. The molecule has 0 saturated heterocycles. The number of hydrogen-bond donors (Lipinski definition) is 1. The second-order valence-electron chi connectivity index (χ2n) is 6.97. The van der Waals surface area contributed by atoms with Crippen LogP contribution in [-0.2, 0) is 0 Å². The molecule has 1 rings (SSSR count). The molecular formula is C18H31N. The van der Waals surface area contributed by atoms with Crippen molar-refractivity contribution in [2.24, 2.45) is 5.41 Å². The first kappa shape index (κ1) is 16.2. The van der Waals surface area contributed by atoms with E-state index in [1.165, 1.54) is 36.0 Å². The zero-order valence-corrected chi connectivity index (χ0v) is 13.6. The van der Waals surface area contributed by atoms with Crippen molar-refractivity contribution in [3.05, 3.63) is 34.9 Å². The molecule has 0 aliphatic heterocycles. The summed E-state index contributed by atoms with van der Waals surface area (Å²) in [4.78, 5) is 0. The molecule has 0 aliphatic carbocycles. The maximum Gasteiger partial charge on any atom is 0.0323 e. The summed E-state index contributed by atoms with van der Waals surface area (Å²) in [5.41, 5.74) is 4.66. The number of hydrogen-bond acceptors (Lipinski definition) is 1. The molecule has 1 N–H and O–H groups in total. The molecule has 1 nitrogen and oxygen atoms in total. The van der Waals surface area contributed by atoms with E-state index in [1.54, 1.807) is 0 Å². The van der Waals surface area contributed by atoms with Crippen LogP contribution >= 0.6 is 0 Å². The van der Waals surface area contributed by atoms with Gasteiger partial charge in [-0.25, -0.2) is 0 Å². The summed E-state index contributed by atoms with van der Waals surface area (Å²) >= 11 is 0. The van der Waals surface area contributed by atoms with Gasteiger partial charge >= 0.3 is 0 Å². The average Bonchev–Trinajstić information content (AvgIpc) is 2.32. The summed E-state index contributed by atoms with van der Waals surface area (Å²) in [6.45, 7) is 14.7. The molecule has 1 heteroatoms. The summed E-state index contributed by atoms with van der Waals surface area (Å²) < 4.78 is 0. The molecule has 0 saturated carbocycles. The van der Waals surface area contributed by atoms with Crippen molar-refractivity contribution >= 4 is 0 Å². The fraction of sp³-hybridized carbons (Fsp3) is 0.667. The Hall–Kier alpha value is -0.820. The molecule has 0 bridgehead atoms. The van der Waals surface area contributed by atoms with Crippen LogP contribution in [0, 0.1) is 19.3 Å². The highest BCUT2D eigenvalue weighted by molar-refractivity contribution is 5.33. The van der Waals surface area contributed by atoms with Crippen LogP contribution in [0.2, 0.25) is 0 Å². The Morgan fingerprint density at radius 2 is 1.84 bits per heavy atom. The Morgan fingerprint density at radius 1 is 1.16 bits per heavy atom. The summed E-state index contributed by atoms with van der Waals surface area (Å²) in [6.07, 6.45) is 3.66. The highest BCUT2D eigenvalue weighted by Gasteiger charge is 2.17. The van der Waals surface area contributed by atoms with Crippen LogP contribution in [-0.4, -0.2) is 6.54 Å². The largest absolute Gasteiger partial charge is 0.310 e. The van der Waals surface area contributed by atoms with Gasteiger partial charge in [0.15, 0.2) is 0 Å². The summed E-state index contributed by atoms with van der Waals surface area (Å²) in [7, 11) is 0. The lowest BCUT2D eigenvalue weighted by atomic mass is 9.86. The zero-order valence-electron chi connectivity index (χ0n) is 13.6. The monoisotopic (exact) mass is 261 g/mol. The maximum atomic E-state index is 3.73. The molecule has 1 atom stereocenters. The van der Waals surface area contributed by atoms with Crippen LogP contribution in [0.4, 0.5) is 0 Å². The minimum Gasteiger partial charge on any atom is -0.310 e. The third kappa shape index (κ3) is 5.78. The first-order valence-electron chi connectivity index (χ1n) is 7.64. The topological polar surface area (TPSA) is 12.0 Å². The van der Waals surface area contributed by atoms with Crippen LogP contribution in [0.5, 0.6) is 0 Å². The third-order valence-electron chi connectivity index (χ3n) is 3.63. The van der Waals surface area contributed by atoms with E-state index in [0.717, 1.165) is 6.54 Å². The lowest BCUT2D eigenvalue weighted by Crippen LogP contribution is -2.24. The van der Waals surface area contributed by atoms with Gasteiger partial charge in [-0.15, -0.1) is 0 Å². The quantitative estimate of drug-likeness (QED) is 0.745. The Balaban J connectivity index is 2.85. The van der Waals surface area contributed by atoms with E-state index in [-0.39, 0.29) is 0 Å². The van der Waals surface area contributed by atoms with Crippen molar-refractivity contribution in [1.82, 2.24) is 5.32 Å². The van der Waals surface area contributed by atoms with Crippen molar-refractivity contribution in [2.75, 3.05) is 6.54 Å². The highest BCUT2D eigenvalue weighted by atomic mass is 14.9. The molecule has 19 heavy (non-hydrogen) atoms. The SMILES string of the molecule is CCCNC(CCC(C)(C)C)c1cc(C)ccc1C. The first-order valence-corrected chi connectivity index (χ1v) is 7.64. The Labute approximate surface area is 119 Å². The van der Waals surface area contributed by atoms with Gasteiger partial charge in [-0.1, -0.05) is 51.5 Å². The van der Waals surface area contributed by atoms with E-state index in [9.17, 15) is 0 Å². The van der Waals surface area contributed by atoms with Gasteiger partial charge in [-0.05, 0) is 56.2 Å². The molecule has 0 aliphatic rings. The van der Waals surface area contributed by atoms with E-state index in [2.05, 4.69) is 65.1 Å². The van der Waals surface area contributed by atoms with Crippen molar-refractivity contribution in [1.29, 1.82) is 0 Å². The van der Waals surface area contributed by atoms with Crippen LogP contribution in [0.25, 0.3) is 0 Å². The second-order valence-corrected chi connectivity index (χ2v) is 6.97. The predicted octanol–water partition coefficient (Wildman–Crippen LogP) is 5.17. The molecular weight excluding hydrogens is 230 g/mol. The molecule has 1 aromatic carbocycles. The molecule has 0 aromatic heterocycles. The average molecular weight is 261 g/mol. The van der Waals surface area contributed by atoms with E-state index in [0.29, 0.717) is 11.5 Å². The molecule has 0 amide bonds. The minimum absolute atomic E-state index is 0.407. The third-order valence-corrected chi connectivity index (χ3v) is 3.63. The van der Waals surface area contributed by atoms with Gasteiger partial charge in [-0.2, -0.15) is 0 Å². The smallest absolute Gasteiger partial charge is 0.0323 e. The minimum atomic E-state index is 0.407. The van der Waals surface area contributed by atoms with Gasteiger partial charge in [0.1, 0.15) is 0 Å². The van der Waals surface area contributed by atoms with E-state index in [1.807, 2.05) is 0 Å². The highest BCUT2D eigenvalue weighted by Crippen LogP contribution is 2.29. The van der Waals surface area contributed by atoms with Gasteiger partial charge < -0.3 is 5.32 Å². The fourth-order valence-electron chi connectivity index (χ4n) is 2.40. The Morgan fingerprint density at radius 3 is 2.42 bits per heavy atom. The molecule has 0 spiro atoms. The van der Waals surface area contributed by atoms with E-state index in [4.69, 9.17) is 0 Å². The molecule has 1 aromatic rings. The van der Waals surface area contributed by atoms with Gasteiger partial charge in [0.05, 0.1) is 0 Å². The molecule has 0 fully saturated rings. The summed E-state index contributed by atoms with van der Waals surface area (Å²) in [5, 5.41) is 3.73. The maximum absolute atomic E-state index is 3.73. The van der Waals surface area contributed by atoms with Gasteiger partial charge in [-0.3, -0.25) is 0 Å². The van der Waals surface area contributed by atoms with Gasteiger partial charge in [0, 0.05) is 6.04 Å². The van der Waals surface area contributed by atoms with E-state index < -0.39 is 0 Å². The van der Waals surface area contributed by atoms with Crippen molar-refractivity contribution in [3.8, 4) is 0 Å². The van der Waals surface area contributed by atoms with Gasteiger partial charge in [0.2, 0.25) is 0 Å². The Bertz CT molecular complexity index is 387. The lowest BCUT2D eigenvalue weighted by Gasteiger charge is -2.26.